The van der Waals surface area contributed by atoms with E-state index in [1.165, 1.54) is 24.0 Å². The third-order valence-electron chi connectivity index (χ3n) is 3.29. The van der Waals surface area contributed by atoms with Crippen LogP contribution >= 0.6 is 0 Å². The van der Waals surface area contributed by atoms with Gasteiger partial charge < -0.3 is 9.47 Å². The largest absolute Gasteiger partial charge is 0.378 e. The lowest BCUT2D eigenvalue weighted by Gasteiger charge is -2.15. The number of hydrogen-bond donors (Lipinski definition) is 0. The molecule has 0 spiro atoms. The number of aromatic nitrogens is 1. The van der Waals surface area contributed by atoms with Crippen LogP contribution in [-0.4, -0.2) is 24.3 Å². The Labute approximate surface area is 110 Å². The van der Waals surface area contributed by atoms with Gasteiger partial charge in [-0.15, -0.1) is 0 Å². The lowest BCUT2D eigenvalue weighted by molar-refractivity contribution is 0.0580. The molecule has 3 heteroatoms. The monoisotopic (exact) mass is 249 g/mol. The summed E-state index contributed by atoms with van der Waals surface area (Å²) in [6.07, 6.45) is 7.63. The van der Waals surface area contributed by atoms with Crippen molar-refractivity contribution in [2.45, 2.75) is 45.8 Å². The first-order valence-electron chi connectivity index (χ1n) is 6.90. The summed E-state index contributed by atoms with van der Waals surface area (Å²) in [5.41, 5.74) is 2.47. The first-order chi connectivity index (χ1) is 8.79. The van der Waals surface area contributed by atoms with Crippen molar-refractivity contribution in [1.82, 2.24) is 4.98 Å². The molecule has 0 aromatic carbocycles. The van der Waals surface area contributed by atoms with Gasteiger partial charge in [0, 0.05) is 32.0 Å². The Kier molecular flexibility index (Phi) is 5.14. The quantitative estimate of drug-likeness (QED) is 0.709. The molecule has 0 radical (unpaired) electrons. The number of nitrogens with zero attached hydrogens (tertiary/aromatic N) is 1. The molecule has 1 aromatic heterocycles. The Morgan fingerprint density at radius 1 is 1.39 bits per heavy atom. The fourth-order valence-corrected chi connectivity index (χ4v) is 1.95. The van der Waals surface area contributed by atoms with Gasteiger partial charge in [0.1, 0.15) is 0 Å². The van der Waals surface area contributed by atoms with E-state index in [9.17, 15) is 0 Å². The Morgan fingerprint density at radius 3 is 2.94 bits per heavy atom. The summed E-state index contributed by atoms with van der Waals surface area (Å²) in [7, 11) is 0. The van der Waals surface area contributed by atoms with Crippen LogP contribution in [0.15, 0.2) is 18.5 Å². The van der Waals surface area contributed by atoms with Crippen molar-refractivity contribution in [3.8, 4) is 0 Å². The molecule has 1 aromatic rings. The van der Waals surface area contributed by atoms with Crippen LogP contribution in [0.3, 0.4) is 0 Å². The van der Waals surface area contributed by atoms with E-state index in [1.54, 1.807) is 0 Å². The van der Waals surface area contributed by atoms with E-state index in [0.29, 0.717) is 6.61 Å². The normalized spacial score (nSPS) is 16.8. The second-order valence-corrected chi connectivity index (χ2v) is 5.07. The molecule has 0 saturated heterocycles. The van der Waals surface area contributed by atoms with Crippen molar-refractivity contribution in [3.05, 3.63) is 29.6 Å². The minimum absolute atomic E-state index is 0.259. The van der Waals surface area contributed by atoms with Gasteiger partial charge in [-0.25, -0.2) is 0 Å². The molecule has 1 atom stereocenters. The summed E-state index contributed by atoms with van der Waals surface area (Å²) in [6, 6.07) is 2.04. The Bertz CT molecular complexity index is 363. The number of ether oxygens (including phenoxy) is 2. The first-order valence-corrected chi connectivity index (χ1v) is 6.90. The first kappa shape index (κ1) is 13.5. The average Bonchev–Trinajstić information content (AvgIpc) is 3.19. The Hall–Kier alpha value is -0.930. The topological polar surface area (TPSA) is 31.4 Å². The van der Waals surface area contributed by atoms with Crippen molar-refractivity contribution in [2.75, 3.05) is 13.2 Å². The van der Waals surface area contributed by atoms with Crippen LogP contribution in [-0.2, 0) is 22.5 Å². The maximum Gasteiger partial charge on any atom is 0.0720 e. The standard InChI is InChI=1S/C15H23NO2/c1-3-17-11-14-6-7-16-9-15(14)8-12(2)18-10-13-4-5-13/h6-7,9,12-13H,3-5,8,10-11H2,1-2H3. The van der Waals surface area contributed by atoms with Gasteiger partial charge in [0.2, 0.25) is 0 Å². The van der Waals surface area contributed by atoms with Crippen LogP contribution in [0.1, 0.15) is 37.8 Å². The van der Waals surface area contributed by atoms with Crippen LogP contribution in [0.4, 0.5) is 0 Å². The zero-order chi connectivity index (χ0) is 12.8. The highest BCUT2D eigenvalue weighted by Gasteiger charge is 2.22. The number of hydrogen-bond acceptors (Lipinski definition) is 3. The van der Waals surface area contributed by atoms with Gasteiger partial charge in [-0.2, -0.15) is 0 Å². The molecule has 1 heterocycles. The van der Waals surface area contributed by atoms with E-state index in [4.69, 9.17) is 9.47 Å². The molecular formula is C15H23NO2. The minimum Gasteiger partial charge on any atom is -0.378 e. The zero-order valence-corrected chi connectivity index (χ0v) is 11.4. The molecule has 1 unspecified atom stereocenters. The molecule has 2 rings (SSSR count). The van der Waals surface area contributed by atoms with Crippen molar-refractivity contribution in [2.24, 2.45) is 5.92 Å². The van der Waals surface area contributed by atoms with E-state index in [1.807, 2.05) is 25.4 Å². The fraction of sp³-hybridized carbons (Fsp3) is 0.667. The predicted octanol–water partition coefficient (Wildman–Crippen LogP) is 2.98. The molecular weight excluding hydrogens is 226 g/mol. The van der Waals surface area contributed by atoms with Crippen LogP contribution in [0.25, 0.3) is 0 Å². The molecule has 0 bridgehead atoms. The smallest absolute Gasteiger partial charge is 0.0720 e. The van der Waals surface area contributed by atoms with Gasteiger partial charge in [-0.05, 0) is 49.8 Å². The highest BCUT2D eigenvalue weighted by Crippen LogP contribution is 2.29. The van der Waals surface area contributed by atoms with Crippen molar-refractivity contribution in [3.63, 3.8) is 0 Å². The summed E-state index contributed by atoms with van der Waals surface area (Å²) in [6.45, 7) is 6.49. The minimum atomic E-state index is 0.259. The van der Waals surface area contributed by atoms with E-state index < -0.39 is 0 Å². The summed E-state index contributed by atoms with van der Waals surface area (Å²) in [5.74, 6) is 0.823. The van der Waals surface area contributed by atoms with E-state index in [2.05, 4.69) is 11.9 Å². The summed E-state index contributed by atoms with van der Waals surface area (Å²) in [4.78, 5) is 4.20. The zero-order valence-electron chi connectivity index (χ0n) is 11.4. The molecule has 1 aliphatic rings. The van der Waals surface area contributed by atoms with Crippen LogP contribution < -0.4 is 0 Å². The Morgan fingerprint density at radius 2 is 2.22 bits per heavy atom. The molecule has 1 fully saturated rings. The highest BCUT2D eigenvalue weighted by atomic mass is 16.5. The van der Waals surface area contributed by atoms with Crippen LogP contribution in [0.5, 0.6) is 0 Å². The molecule has 100 valence electrons. The lowest BCUT2D eigenvalue weighted by atomic mass is 10.1. The third kappa shape index (κ3) is 4.39. The average molecular weight is 249 g/mol. The predicted molar refractivity (Wildman–Crippen MR) is 71.4 cm³/mol. The van der Waals surface area contributed by atoms with E-state index in [0.717, 1.165) is 25.6 Å². The second-order valence-electron chi connectivity index (χ2n) is 5.07. The fourth-order valence-electron chi connectivity index (χ4n) is 1.95. The van der Waals surface area contributed by atoms with Crippen molar-refractivity contribution < 1.29 is 9.47 Å². The summed E-state index contributed by atoms with van der Waals surface area (Å²) >= 11 is 0. The van der Waals surface area contributed by atoms with E-state index >= 15 is 0 Å². The third-order valence-corrected chi connectivity index (χ3v) is 3.29. The van der Waals surface area contributed by atoms with Crippen molar-refractivity contribution in [1.29, 1.82) is 0 Å². The molecule has 3 nitrogen and oxygen atoms in total. The van der Waals surface area contributed by atoms with Gasteiger partial charge in [0.15, 0.2) is 0 Å². The van der Waals surface area contributed by atoms with Crippen LogP contribution in [0.2, 0.25) is 0 Å². The van der Waals surface area contributed by atoms with E-state index in [-0.39, 0.29) is 6.10 Å². The van der Waals surface area contributed by atoms with Gasteiger partial charge in [0.25, 0.3) is 0 Å². The van der Waals surface area contributed by atoms with Gasteiger partial charge in [0.05, 0.1) is 12.7 Å². The maximum absolute atomic E-state index is 5.86. The van der Waals surface area contributed by atoms with Gasteiger partial charge in [-0.3, -0.25) is 4.98 Å². The lowest BCUT2D eigenvalue weighted by Crippen LogP contribution is -2.15. The Balaban J connectivity index is 1.85. The number of rotatable bonds is 8. The summed E-state index contributed by atoms with van der Waals surface area (Å²) in [5, 5.41) is 0. The molecule has 0 aliphatic heterocycles. The molecule has 0 amide bonds. The molecule has 0 N–H and O–H groups in total. The van der Waals surface area contributed by atoms with Gasteiger partial charge >= 0.3 is 0 Å². The molecule has 1 aliphatic carbocycles. The highest BCUT2D eigenvalue weighted by molar-refractivity contribution is 5.23. The van der Waals surface area contributed by atoms with Crippen molar-refractivity contribution >= 4 is 0 Å². The molecule has 1 saturated carbocycles. The van der Waals surface area contributed by atoms with Crippen LogP contribution in [0, 0.1) is 5.92 Å². The SMILES string of the molecule is CCOCc1ccncc1CC(C)OCC1CC1. The second kappa shape index (κ2) is 6.86. The molecule has 18 heavy (non-hydrogen) atoms. The number of pyridine rings is 1. The van der Waals surface area contributed by atoms with Gasteiger partial charge in [-0.1, -0.05) is 0 Å². The summed E-state index contributed by atoms with van der Waals surface area (Å²) < 4.78 is 11.3. The maximum atomic E-state index is 5.86.